The van der Waals surface area contributed by atoms with Crippen molar-refractivity contribution >= 4 is 36.1 Å². The number of likely N-dealkylation sites (tertiary alicyclic amines) is 1. The molecular weight excluding hydrogens is 338 g/mol. The van der Waals surface area contributed by atoms with Crippen molar-refractivity contribution in [3.63, 3.8) is 0 Å². The maximum atomic E-state index is 12.8. The summed E-state index contributed by atoms with van der Waals surface area (Å²) in [5, 5.41) is 11.9. The minimum Gasteiger partial charge on any atom is -0.480 e. The monoisotopic (exact) mass is 357 g/mol. The zero-order valence-electron chi connectivity index (χ0n) is 13.4. The molecule has 2 N–H and O–H groups in total. The van der Waals surface area contributed by atoms with Crippen LogP contribution in [-0.4, -0.2) is 63.3 Å². The second kappa shape index (κ2) is 7.48. The van der Waals surface area contributed by atoms with Crippen LogP contribution in [0.5, 0.6) is 0 Å². The van der Waals surface area contributed by atoms with Gasteiger partial charge in [0.1, 0.15) is 11.6 Å². The van der Waals surface area contributed by atoms with E-state index in [1.165, 1.54) is 6.92 Å². The summed E-state index contributed by atoms with van der Waals surface area (Å²) < 4.78 is 0. The Morgan fingerprint density at radius 3 is 2.42 bits per heavy atom. The molecule has 2 rings (SSSR count). The van der Waals surface area contributed by atoms with Gasteiger partial charge in [0, 0.05) is 26.8 Å². The number of halogens is 1. The molecule has 0 aliphatic carbocycles. The van der Waals surface area contributed by atoms with Gasteiger partial charge < -0.3 is 15.3 Å². The van der Waals surface area contributed by atoms with Crippen molar-refractivity contribution in [2.75, 3.05) is 13.1 Å². The number of hydrogen-bond donors (Lipinski definition) is 2. The summed E-state index contributed by atoms with van der Waals surface area (Å²) in [5.41, 5.74) is -1.43. The van der Waals surface area contributed by atoms with Crippen molar-refractivity contribution in [3.8, 4) is 0 Å². The molecule has 1 fully saturated rings. The summed E-state index contributed by atoms with van der Waals surface area (Å²) in [6, 6.07) is -1.28. The summed E-state index contributed by atoms with van der Waals surface area (Å²) in [6.07, 6.45) is 7.09. The van der Waals surface area contributed by atoms with Gasteiger partial charge in [0.05, 0.1) is 6.54 Å². The molecule has 2 heterocycles. The van der Waals surface area contributed by atoms with Crippen LogP contribution in [0, 0.1) is 0 Å². The second-order valence-electron chi connectivity index (χ2n) is 5.71. The first-order chi connectivity index (χ1) is 10.8. The number of carboxylic acids is 1. The van der Waals surface area contributed by atoms with Crippen LogP contribution in [0.2, 0.25) is 0 Å². The van der Waals surface area contributed by atoms with E-state index in [2.05, 4.69) is 5.32 Å². The van der Waals surface area contributed by atoms with Gasteiger partial charge in [0.15, 0.2) is 0 Å². The third-order valence-corrected chi connectivity index (χ3v) is 3.88. The molecule has 0 bridgehead atoms. The zero-order valence-corrected chi connectivity index (χ0v) is 14.2. The van der Waals surface area contributed by atoms with E-state index in [9.17, 15) is 24.3 Å². The molecule has 2 aliphatic rings. The number of allylic oxidation sites excluding steroid dienone is 2. The van der Waals surface area contributed by atoms with E-state index >= 15 is 0 Å². The van der Waals surface area contributed by atoms with Crippen LogP contribution < -0.4 is 5.32 Å². The summed E-state index contributed by atoms with van der Waals surface area (Å²) >= 11 is 0. The van der Waals surface area contributed by atoms with Crippen LogP contribution in [0.3, 0.4) is 0 Å². The van der Waals surface area contributed by atoms with Gasteiger partial charge in [0.2, 0.25) is 11.8 Å². The maximum absolute atomic E-state index is 12.8. The number of nitrogens with zero attached hydrogens (tertiary/aromatic N) is 2. The fraction of sp³-hybridized carbons (Fsp3) is 0.467. The molecule has 0 saturated carbocycles. The topological polar surface area (TPSA) is 107 Å². The number of nitrogens with one attached hydrogen (secondary N) is 1. The van der Waals surface area contributed by atoms with Crippen LogP contribution >= 0.6 is 12.4 Å². The lowest BCUT2D eigenvalue weighted by atomic mass is 9.93. The highest BCUT2D eigenvalue weighted by atomic mass is 35.5. The zero-order chi connectivity index (χ0) is 17.2. The van der Waals surface area contributed by atoms with Crippen molar-refractivity contribution in [1.82, 2.24) is 15.1 Å². The largest absolute Gasteiger partial charge is 0.480 e. The fourth-order valence-corrected chi connectivity index (χ4v) is 3.03. The number of hydrogen-bond acceptors (Lipinski definition) is 5. The van der Waals surface area contributed by atoms with Gasteiger partial charge in [-0.1, -0.05) is 12.2 Å². The highest BCUT2D eigenvalue weighted by Gasteiger charge is 2.56. The number of carbonyl (C=O) groups is 4. The van der Waals surface area contributed by atoms with E-state index in [4.69, 9.17) is 0 Å². The molecule has 2 unspecified atom stereocenters. The first-order valence-corrected chi connectivity index (χ1v) is 7.20. The molecule has 9 heteroatoms. The van der Waals surface area contributed by atoms with Crippen LogP contribution in [-0.2, 0) is 19.2 Å². The molecule has 1 saturated heterocycles. The lowest BCUT2D eigenvalue weighted by Crippen LogP contribution is -2.59. The van der Waals surface area contributed by atoms with Crippen LogP contribution in [0.1, 0.15) is 20.3 Å². The number of carbonyl (C=O) groups excluding carboxylic acids is 3. The Labute approximate surface area is 145 Å². The van der Waals surface area contributed by atoms with Crippen molar-refractivity contribution in [2.24, 2.45) is 0 Å². The molecule has 3 amide bonds. The van der Waals surface area contributed by atoms with E-state index in [1.54, 1.807) is 17.2 Å². The molecule has 0 radical (unpaired) electrons. The molecule has 8 nitrogen and oxygen atoms in total. The Hall–Kier alpha value is -2.35. The van der Waals surface area contributed by atoms with E-state index in [0.29, 0.717) is 6.54 Å². The highest BCUT2D eigenvalue weighted by Crippen LogP contribution is 2.30. The van der Waals surface area contributed by atoms with Crippen LogP contribution in [0.15, 0.2) is 24.4 Å². The standard InChI is InChI=1S/C15H19N3O5.ClH/c1-10(19)16-15(9-17-6-4-3-5-7-17)8-12(13(21)22)18(11(2)20)14(15)23;/h3-6,12H,7-9H2,1-2H3,(H,16,19)(H,21,22);1H. The number of amides is 3. The number of aliphatic carboxylic acids is 1. The minimum absolute atomic E-state index is 0. The summed E-state index contributed by atoms with van der Waals surface area (Å²) in [6.45, 7) is 3.02. The van der Waals surface area contributed by atoms with Gasteiger partial charge in [-0.05, 0) is 12.3 Å². The van der Waals surface area contributed by atoms with Gasteiger partial charge >= 0.3 is 5.97 Å². The first kappa shape index (κ1) is 19.7. The Balaban J connectivity index is 0.00000288. The van der Waals surface area contributed by atoms with E-state index in [-0.39, 0.29) is 25.4 Å². The Bertz CT molecular complexity index is 618. The summed E-state index contributed by atoms with van der Waals surface area (Å²) in [7, 11) is 0. The van der Waals surface area contributed by atoms with Gasteiger partial charge in [-0.15, -0.1) is 12.4 Å². The quantitative estimate of drug-likeness (QED) is 0.727. The molecule has 2 atom stereocenters. The molecule has 2 aliphatic heterocycles. The molecule has 24 heavy (non-hydrogen) atoms. The van der Waals surface area contributed by atoms with Gasteiger partial charge in [-0.3, -0.25) is 19.3 Å². The van der Waals surface area contributed by atoms with Crippen molar-refractivity contribution in [1.29, 1.82) is 0 Å². The molecule has 0 spiro atoms. The van der Waals surface area contributed by atoms with Gasteiger partial charge in [0.25, 0.3) is 5.91 Å². The van der Waals surface area contributed by atoms with Gasteiger partial charge in [-0.2, -0.15) is 0 Å². The van der Waals surface area contributed by atoms with E-state index in [1.807, 2.05) is 12.2 Å². The molecule has 0 aromatic heterocycles. The molecule has 0 aromatic rings. The third kappa shape index (κ3) is 3.76. The maximum Gasteiger partial charge on any atom is 0.327 e. The normalized spacial score (nSPS) is 25.4. The summed E-state index contributed by atoms with van der Waals surface area (Å²) in [4.78, 5) is 50.0. The van der Waals surface area contributed by atoms with Crippen molar-refractivity contribution in [2.45, 2.75) is 31.8 Å². The average Bonchev–Trinajstić information content (AvgIpc) is 2.73. The second-order valence-corrected chi connectivity index (χ2v) is 5.71. The number of carboxylic acid groups (broad SMARTS) is 1. The first-order valence-electron chi connectivity index (χ1n) is 7.20. The van der Waals surface area contributed by atoms with Crippen LogP contribution in [0.4, 0.5) is 0 Å². The van der Waals surface area contributed by atoms with Crippen LogP contribution in [0.25, 0.3) is 0 Å². The lowest BCUT2D eigenvalue weighted by Gasteiger charge is -2.33. The number of imide groups is 1. The van der Waals surface area contributed by atoms with E-state index in [0.717, 1.165) is 11.8 Å². The Morgan fingerprint density at radius 1 is 1.33 bits per heavy atom. The predicted molar refractivity (Wildman–Crippen MR) is 87.2 cm³/mol. The number of rotatable bonds is 4. The van der Waals surface area contributed by atoms with Gasteiger partial charge in [-0.25, -0.2) is 4.79 Å². The van der Waals surface area contributed by atoms with Crippen molar-refractivity contribution in [3.05, 3.63) is 24.4 Å². The third-order valence-electron chi connectivity index (χ3n) is 3.88. The smallest absolute Gasteiger partial charge is 0.327 e. The average molecular weight is 358 g/mol. The highest BCUT2D eigenvalue weighted by molar-refractivity contribution is 6.07. The molecule has 132 valence electrons. The Kier molecular flexibility index (Phi) is 6.14. The fourth-order valence-electron chi connectivity index (χ4n) is 3.03. The molecule has 0 aromatic carbocycles. The van der Waals surface area contributed by atoms with E-state index < -0.39 is 35.3 Å². The van der Waals surface area contributed by atoms with Crippen molar-refractivity contribution < 1.29 is 24.3 Å². The SMILES string of the molecule is CC(=O)NC1(CN2C=CC=CC2)CC(C(=O)O)N(C(C)=O)C1=O.Cl. The lowest BCUT2D eigenvalue weighted by molar-refractivity contribution is -0.154. The summed E-state index contributed by atoms with van der Waals surface area (Å²) in [5.74, 6) is -3.06. The predicted octanol–water partition coefficient (Wildman–Crippen LogP) is -0.0994. The minimum atomic E-state index is -1.43. The Morgan fingerprint density at radius 2 is 2.00 bits per heavy atom. The molecular formula is C15H20ClN3O5.